The van der Waals surface area contributed by atoms with Crippen LogP contribution in [0.1, 0.15) is 11.1 Å². The Hall–Kier alpha value is -1.80. The second kappa shape index (κ2) is 6.39. The van der Waals surface area contributed by atoms with Crippen molar-refractivity contribution in [3.05, 3.63) is 65.7 Å². The minimum atomic E-state index is 0.937. The van der Waals surface area contributed by atoms with E-state index in [0.29, 0.717) is 0 Å². The predicted octanol–water partition coefficient (Wildman–Crippen LogP) is 3.38. The molecule has 2 aromatic rings. The molecule has 19 heavy (non-hydrogen) atoms. The molecule has 0 radical (unpaired) electrons. The summed E-state index contributed by atoms with van der Waals surface area (Å²) in [5.74, 6) is 0. The lowest BCUT2D eigenvalue weighted by Gasteiger charge is -2.19. The van der Waals surface area contributed by atoms with Crippen molar-refractivity contribution in [2.24, 2.45) is 0 Å². The van der Waals surface area contributed by atoms with Gasteiger partial charge in [0, 0.05) is 25.8 Å². The second-order valence-electron chi connectivity index (χ2n) is 5.25. The van der Waals surface area contributed by atoms with Gasteiger partial charge in [0.2, 0.25) is 0 Å². The highest BCUT2D eigenvalue weighted by molar-refractivity contribution is 5.45. The average molecular weight is 254 g/mol. The zero-order chi connectivity index (χ0) is 13.7. The van der Waals surface area contributed by atoms with Gasteiger partial charge in [0.15, 0.2) is 0 Å². The number of nitrogens with zero attached hydrogens (tertiary/aromatic N) is 2. The van der Waals surface area contributed by atoms with Crippen molar-refractivity contribution in [3.8, 4) is 0 Å². The summed E-state index contributed by atoms with van der Waals surface area (Å²) < 4.78 is 0. The first kappa shape index (κ1) is 13.6. The van der Waals surface area contributed by atoms with Crippen LogP contribution < -0.4 is 4.90 Å². The lowest BCUT2D eigenvalue weighted by atomic mass is 10.1. The Kier molecular flexibility index (Phi) is 4.58. The summed E-state index contributed by atoms with van der Waals surface area (Å²) in [4.78, 5) is 4.45. The van der Waals surface area contributed by atoms with Gasteiger partial charge < -0.3 is 9.80 Å². The van der Waals surface area contributed by atoms with Gasteiger partial charge >= 0.3 is 0 Å². The molecule has 0 amide bonds. The van der Waals surface area contributed by atoms with Crippen LogP contribution in [-0.4, -0.2) is 26.0 Å². The van der Waals surface area contributed by atoms with Crippen LogP contribution >= 0.6 is 0 Å². The van der Waals surface area contributed by atoms with Crippen molar-refractivity contribution >= 4 is 5.69 Å². The number of hydrogen-bond acceptors (Lipinski definition) is 2. The molecule has 2 aromatic carbocycles. The van der Waals surface area contributed by atoms with Gasteiger partial charge in [-0.25, -0.2) is 0 Å². The quantitative estimate of drug-likeness (QED) is 0.807. The van der Waals surface area contributed by atoms with E-state index in [9.17, 15) is 0 Å². The molecule has 2 rings (SSSR count). The van der Waals surface area contributed by atoms with E-state index in [-0.39, 0.29) is 0 Å². The molecule has 0 atom stereocenters. The molecule has 0 aliphatic rings. The van der Waals surface area contributed by atoms with Gasteiger partial charge in [0.25, 0.3) is 0 Å². The van der Waals surface area contributed by atoms with Crippen LogP contribution in [0, 0.1) is 0 Å². The van der Waals surface area contributed by atoms with E-state index in [1.807, 2.05) is 6.07 Å². The standard InChI is InChI=1S/C17H22N2/c1-18(2)13-15-9-11-16(12-10-15)14-19(3)17-7-5-4-6-8-17/h4-12H,13-14H2,1-3H3. The molecular formula is C17H22N2. The molecule has 0 unspecified atom stereocenters. The van der Waals surface area contributed by atoms with Crippen molar-refractivity contribution in [2.75, 3.05) is 26.0 Å². The largest absolute Gasteiger partial charge is 0.370 e. The minimum absolute atomic E-state index is 0.937. The van der Waals surface area contributed by atoms with Gasteiger partial charge in [-0.15, -0.1) is 0 Å². The summed E-state index contributed by atoms with van der Waals surface area (Å²) >= 11 is 0. The van der Waals surface area contributed by atoms with Gasteiger partial charge in [-0.2, -0.15) is 0 Å². The van der Waals surface area contributed by atoms with E-state index < -0.39 is 0 Å². The van der Waals surface area contributed by atoms with Crippen LogP contribution in [0.2, 0.25) is 0 Å². The van der Waals surface area contributed by atoms with E-state index in [1.165, 1.54) is 16.8 Å². The molecule has 2 nitrogen and oxygen atoms in total. The highest BCUT2D eigenvalue weighted by Crippen LogP contribution is 2.15. The number of benzene rings is 2. The molecule has 100 valence electrons. The molecule has 0 spiro atoms. The maximum Gasteiger partial charge on any atom is 0.0426 e. The molecular weight excluding hydrogens is 232 g/mol. The van der Waals surface area contributed by atoms with Crippen LogP contribution in [0.25, 0.3) is 0 Å². The summed E-state index contributed by atoms with van der Waals surface area (Å²) in [6.45, 7) is 1.93. The van der Waals surface area contributed by atoms with E-state index in [1.54, 1.807) is 0 Å². The third-order valence-electron chi connectivity index (χ3n) is 3.14. The Morgan fingerprint density at radius 1 is 0.684 bits per heavy atom. The number of hydrogen-bond donors (Lipinski definition) is 0. The fourth-order valence-electron chi connectivity index (χ4n) is 2.16. The Labute approximate surface area is 116 Å². The SMILES string of the molecule is CN(C)Cc1ccc(CN(C)c2ccccc2)cc1. The third-order valence-corrected chi connectivity index (χ3v) is 3.14. The van der Waals surface area contributed by atoms with Gasteiger partial charge in [0.05, 0.1) is 0 Å². The molecule has 0 heterocycles. The summed E-state index contributed by atoms with van der Waals surface area (Å²) in [5.41, 5.74) is 3.95. The summed E-state index contributed by atoms with van der Waals surface area (Å²) in [6, 6.07) is 19.4. The number of rotatable bonds is 5. The predicted molar refractivity (Wildman–Crippen MR) is 82.4 cm³/mol. The van der Waals surface area contributed by atoms with Crippen molar-refractivity contribution in [1.82, 2.24) is 4.90 Å². The highest BCUT2D eigenvalue weighted by Gasteiger charge is 2.02. The van der Waals surface area contributed by atoms with E-state index in [2.05, 4.69) is 79.5 Å². The smallest absolute Gasteiger partial charge is 0.0426 e. The average Bonchev–Trinajstić information content (AvgIpc) is 2.41. The van der Waals surface area contributed by atoms with Crippen LogP contribution in [0.3, 0.4) is 0 Å². The topological polar surface area (TPSA) is 6.48 Å². The lowest BCUT2D eigenvalue weighted by Crippen LogP contribution is -2.16. The molecule has 0 saturated heterocycles. The molecule has 0 N–H and O–H groups in total. The van der Waals surface area contributed by atoms with Crippen molar-refractivity contribution in [1.29, 1.82) is 0 Å². The lowest BCUT2D eigenvalue weighted by molar-refractivity contribution is 0.402. The second-order valence-corrected chi connectivity index (χ2v) is 5.25. The van der Waals surface area contributed by atoms with Crippen molar-refractivity contribution in [2.45, 2.75) is 13.1 Å². The van der Waals surface area contributed by atoms with Crippen LogP contribution in [0.15, 0.2) is 54.6 Å². The third kappa shape index (κ3) is 4.11. The fraction of sp³-hybridized carbons (Fsp3) is 0.294. The van der Waals surface area contributed by atoms with Crippen LogP contribution in [-0.2, 0) is 13.1 Å². The Morgan fingerprint density at radius 3 is 1.74 bits per heavy atom. The summed E-state index contributed by atoms with van der Waals surface area (Å²) in [7, 11) is 6.32. The Bertz CT molecular complexity index is 488. The van der Waals surface area contributed by atoms with Crippen LogP contribution in [0.4, 0.5) is 5.69 Å². The first-order chi connectivity index (χ1) is 9.15. The zero-order valence-electron chi connectivity index (χ0n) is 12.0. The molecule has 0 saturated carbocycles. The van der Waals surface area contributed by atoms with E-state index in [4.69, 9.17) is 0 Å². The monoisotopic (exact) mass is 254 g/mol. The Balaban J connectivity index is 1.99. The molecule has 2 heteroatoms. The Morgan fingerprint density at radius 2 is 1.21 bits per heavy atom. The summed E-state index contributed by atoms with van der Waals surface area (Å²) in [6.07, 6.45) is 0. The first-order valence-electron chi connectivity index (χ1n) is 6.64. The van der Waals surface area contributed by atoms with Gasteiger partial charge in [-0.1, -0.05) is 42.5 Å². The van der Waals surface area contributed by atoms with E-state index in [0.717, 1.165) is 13.1 Å². The normalized spacial score (nSPS) is 10.7. The summed E-state index contributed by atoms with van der Waals surface area (Å²) in [5, 5.41) is 0. The number of anilines is 1. The van der Waals surface area contributed by atoms with Crippen LogP contribution in [0.5, 0.6) is 0 Å². The molecule has 0 aliphatic carbocycles. The highest BCUT2D eigenvalue weighted by atomic mass is 15.1. The maximum absolute atomic E-state index is 2.26. The van der Waals surface area contributed by atoms with Crippen molar-refractivity contribution in [3.63, 3.8) is 0 Å². The molecule has 0 fully saturated rings. The molecule has 0 aliphatic heterocycles. The van der Waals surface area contributed by atoms with Gasteiger partial charge in [0.1, 0.15) is 0 Å². The van der Waals surface area contributed by atoms with Gasteiger partial charge in [-0.05, 0) is 37.4 Å². The fourth-order valence-corrected chi connectivity index (χ4v) is 2.16. The minimum Gasteiger partial charge on any atom is -0.370 e. The molecule has 0 bridgehead atoms. The first-order valence-corrected chi connectivity index (χ1v) is 6.64. The van der Waals surface area contributed by atoms with E-state index >= 15 is 0 Å². The maximum atomic E-state index is 2.26. The number of para-hydroxylation sites is 1. The van der Waals surface area contributed by atoms with Crippen molar-refractivity contribution < 1.29 is 0 Å². The zero-order valence-corrected chi connectivity index (χ0v) is 12.0. The molecule has 0 aromatic heterocycles. The van der Waals surface area contributed by atoms with Gasteiger partial charge in [-0.3, -0.25) is 0 Å².